The average molecular weight is 1360 g/mol. The first kappa shape index (κ1) is 102. The van der Waals surface area contributed by atoms with Gasteiger partial charge in [-0.05, 0) is 159 Å². The third kappa shape index (κ3) is 72.4. The van der Waals surface area contributed by atoms with E-state index in [0.717, 1.165) is 83.7 Å². The van der Waals surface area contributed by atoms with Crippen molar-refractivity contribution in [3.05, 3.63) is 0 Å². The highest BCUT2D eigenvalue weighted by atomic mass is 16.2. The first-order chi connectivity index (χ1) is 44.3. The molecule has 26 heteroatoms. The van der Waals surface area contributed by atoms with E-state index in [1.165, 1.54) is 19.3 Å². The summed E-state index contributed by atoms with van der Waals surface area (Å²) in [5, 5.41) is 19.8. The summed E-state index contributed by atoms with van der Waals surface area (Å²) in [6.45, 7) is 41.4. The maximum absolute atomic E-state index is 11.3. The molecule has 0 aromatic carbocycles. The Morgan fingerprint density at radius 3 is 0.832 bits per heavy atom. The molecule has 0 heterocycles. The quantitative estimate of drug-likeness (QED) is 0.0418. The minimum absolute atomic E-state index is 0.0160. The zero-order valence-electron chi connectivity index (χ0n) is 63.4. The summed E-state index contributed by atoms with van der Waals surface area (Å²) in [7, 11) is 0. The van der Waals surface area contributed by atoms with Crippen LogP contribution in [0.15, 0.2) is 0 Å². The van der Waals surface area contributed by atoms with Crippen LogP contribution in [0.5, 0.6) is 0 Å². The molecule has 9 atom stereocenters. The smallest absolute Gasteiger partial charge is 0.222 e. The van der Waals surface area contributed by atoms with Crippen molar-refractivity contribution in [1.82, 2.24) is 37.2 Å². The standard InChI is InChI=1S/C13H28N2O.C11H22N2O.C10H23N3O.3C9H21N3O.C8H19N3O/c1-9(2)11(5)6-7-12(14)8-15-13(16)10(3)4;1-8(2)11(14)13-7-10-4-3-9(5-10)6-12;1-8(2)6-10(14)13-7-9(12)4-3-5-11;3*1-7(2)9(13)12-6-8(11)4-3-5-10;1-6(2)8(12)11-5-7(10)3-4-9/h9-12H,6-8,14H2,1-5H3,(H,15,16);8-10H,3-7,12H2,1-2H3,(H,13,14);8-9H,3-7,11-12H2,1-2H3,(H,13,14);3*7-8H,3-6,10-11H2,1-2H3,(H,12,13);6-7H,3-5,9-10H2,1-2H3,(H,11,12)/t11?,12-;9-,10+;9-;3*8-;7-/m0101100/s1. The van der Waals surface area contributed by atoms with Gasteiger partial charge in [0.2, 0.25) is 41.4 Å². The van der Waals surface area contributed by atoms with Crippen molar-refractivity contribution in [1.29, 1.82) is 0 Å². The van der Waals surface area contributed by atoms with Crippen LogP contribution in [-0.2, 0) is 33.6 Å². The zero-order chi connectivity index (χ0) is 74.6. The van der Waals surface area contributed by atoms with Crippen LogP contribution < -0.4 is 106 Å². The second-order valence-electron chi connectivity index (χ2n) is 28.2. The second-order valence-corrected chi connectivity index (χ2v) is 28.2. The molecule has 1 aliphatic rings. The molecular weight excluding hydrogens is 1210 g/mol. The van der Waals surface area contributed by atoms with E-state index < -0.39 is 0 Å². The van der Waals surface area contributed by atoms with E-state index in [4.69, 9.17) is 68.8 Å². The molecule has 1 aliphatic carbocycles. The molecule has 0 radical (unpaired) electrons. The lowest BCUT2D eigenvalue weighted by Crippen LogP contribution is -2.39. The Hall–Kier alpha value is -4.19. The molecule has 0 spiro atoms. The normalized spacial score (nSPS) is 15.4. The Labute approximate surface area is 579 Å². The van der Waals surface area contributed by atoms with Crippen molar-refractivity contribution in [2.45, 2.75) is 250 Å². The number of hydrogen-bond donors (Lipinski definition) is 19. The van der Waals surface area contributed by atoms with Crippen molar-refractivity contribution in [3.8, 4) is 0 Å². The predicted molar refractivity (Wildman–Crippen MR) is 397 cm³/mol. The summed E-state index contributed by atoms with van der Waals surface area (Å²) in [4.78, 5) is 78.3. The van der Waals surface area contributed by atoms with Crippen LogP contribution >= 0.6 is 0 Å². The van der Waals surface area contributed by atoms with Crippen LogP contribution in [0.25, 0.3) is 0 Å². The van der Waals surface area contributed by atoms with Crippen LogP contribution in [0.3, 0.4) is 0 Å². The molecule has 7 amide bonds. The summed E-state index contributed by atoms with van der Waals surface area (Å²) in [5.41, 5.74) is 66.9. The van der Waals surface area contributed by atoms with Crippen molar-refractivity contribution in [2.75, 3.05) is 85.1 Å². The Morgan fingerprint density at radius 2 is 0.589 bits per heavy atom. The summed E-state index contributed by atoms with van der Waals surface area (Å²) in [6, 6.07) is 0.208. The number of amides is 7. The van der Waals surface area contributed by atoms with Crippen LogP contribution in [0.4, 0.5) is 0 Å². The Balaban J connectivity index is -0.000000244. The van der Waals surface area contributed by atoms with Crippen LogP contribution in [0.1, 0.15) is 214 Å². The second kappa shape index (κ2) is 67.0. The molecule has 1 rings (SSSR count). The van der Waals surface area contributed by atoms with Gasteiger partial charge in [0, 0.05) is 124 Å². The molecule has 1 fully saturated rings. The van der Waals surface area contributed by atoms with E-state index in [1.807, 2.05) is 96.9 Å². The summed E-state index contributed by atoms with van der Waals surface area (Å²) in [5.74, 6) is 3.97. The van der Waals surface area contributed by atoms with Gasteiger partial charge in [-0.15, -0.1) is 0 Å². The summed E-state index contributed by atoms with van der Waals surface area (Å²) in [6.07, 6.45) is 14.2. The van der Waals surface area contributed by atoms with Gasteiger partial charge in [0.15, 0.2) is 0 Å². The minimum Gasteiger partial charge on any atom is -0.356 e. The fourth-order valence-corrected chi connectivity index (χ4v) is 8.05. The SMILES string of the molecule is CC(C)C(=O)NC[C@@H](N)CCC(C)C(C)C.CC(C)C(=O)NC[C@@H](N)CCCN.CC(C)C(=O)NC[C@@H](N)CCN.CC(C)C(=O)NC[C@H](N)CCCN.CC(C)C(=O)NC[C@H](N)CCCN.CC(C)C(=O)NC[C@H]1CC[C@@H](CN)C1.CC(C)CC(=O)NC[C@@H](N)CCCN. The fraction of sp³-hybridized carbons (Fsp3) is 0.899. The first-order valence-electron chi connectivity index (χ1n) is 36.0. The maximum atomic E-state index is 11.3. The monoisotopic (exact) mass is 1360 g/mol. The number of carbonyl (C=O) groups excluding carboxylic acids is 7. The van der Waals surface area contributed by atoms with Gasteiger partial charge in [-0.3, -0.25) is 33.6 Å². The Morgan fingerprint density at radius 1 is 0.326 bits per heavy atom. The number of nitrogens with one attached hydrogen (secondary N) is 7. The Bertz CT molecular complexity index is 1770. The lowest BCUT2D eigenvalue weighted by Gasteiger charge is -2.19. The van der Waals surface area contributed by atoms with E-state index in [2.05, 4.69) is 58.0 Å². The Kier molecular flexibility index (Phi) is 71.8. The molecule has 0 saturated heterocycles. The van der Waals surface area contributed by atoms with Gasteiger partial charge in [0.1, 0.15) is 0 Å². The average Bonchev–Trinajstić information content (AvgIpc) is 1.95. The topological polar surface area (TPSA) is 516 Å². The van der Waals surface area contributed by atoms with Gasteiger partial charge in [-0.2, -0.15) is 0 Å². The van der Waals surface area contributed by atoms with Crippen LogP contribution in [0, 0.1) is 65.1 Å². The summed E-state index contributed by atoms with van der Waals surface area (Å²) < 4.78 is 0. The molecule has 95 heavy (non-hydrogen) atoms. The van der Waals surface area contributed by atoms with Gasteiger partial charge in [0.05, 0.1) is 0 Å². The maximum Gasteiger partial charge on any atom is 0.222 e. The number of nitrogens with two attached hydrogens (primary N) is 12. The lowest BCUT2D eigenvalue weighted by atomic mass is 9.92. The van der Waals surface area contributed by atoms with Gasteiger partial charge in [-0.25, -0.2) is 0 Å². The van der Waals surface area contributed by atoms with Crippen molar-refractivity contribution >= 4 is 41.4 Å². The molecule has 31 N–H and O–H groups in total. The van der Waals surface area contributed by atoms with Crippen molar-refractivity contribution in [3.63, 3.8) is 0 Å². The molecule has 26 nitrogen and oxygen atoms in total. The highest BCUT2D eigenvalue weighted by Gasteiger charge is 2.24. The fourth-order valence-electron chi connectivity index (χ4n) is 8.05. The molecule has 0 aliphatic heterocycles. The molecule has 568 valence electrons. The van der Waals surface area contributed by atoms with E-state index in [1.54, 1.807) is 0 Å². The zero-order valence-corrected chi connectivity index (χ0v) is 63.4. The minimum atomic E-state index is -0.0160. The highest BCUT2D eigenvalue weighted by molar-refractivity contribution is 5.80. The molecule has 1 unspecified atom stereocenters. The lowest BCUT2D eigenvalue weighted by molar-refractivity contribution is -0.124. The summed E-state index contributed by atoms with van der Waals surface area (Å²) >= 11 is 0. The van der Waals surface area contributed by atoms with E-state index >= 15 is 0 Å². The van der Waals surface area contributed by atoms with Crippen LogP contribution in [-0.4, -0.2) is 163 Å². The predicted octanol–water partition coefficient (Wildman–Crippen LogP) is 2.42. The van der Waals surface area contributed by atoms with Gasteiger partial charge < -0.3 is 106 Å². The van der Waals surface area contributed by atoms with Crippen molar-refractivity contribution < 1.29 is 33.6 Å². The molecule has 0 aromatic heterocycles. The number of rotatable bonds is 41. The number of hydrogen-bond acceptors (Lipinski definition) is 19. The largest absolute Gasteiger partial charge is 0.356 e. The van der Waals surface area contributed by atoms with Gasteiger partial charge in [-0.1, -0.05) is 118 Å². The first-order valence-corrected chi connectivity index (χ1v) is 36.0. The third-order valence-electron chi connectivity index (χ3n) is 15.3. The molecular formula is C69H155N19O7. The van der Waals surface area contributed by atoms with E-state index in [-0.39, 0.29) is 113 Å². The molecule has 1 saturated carbocycles. The molecule has 0 bridgehead atoms. The van der Waals surface area contributed by atoms with Gasteiger partial charge in [0.25, 0.3) is 0 Å². The van der Waals surface area contributed by atoms with Gasteiger partial charge >= 0.3 is 0 Å². The van der Waals surface area contributed by atoms with Crippen molar-refractivity contribution in [2.24, 2.45) is 134 Å². The molecule has 0 aromatic rings. The van der Waals surface area contributed by atoms with E-state index in [0.29, 0.717) is 108 Å². The highest BCUT2D eigenvalue weighted by Crippen LogP contribution is 2.29. The number of carbonyl (C=O) groups is 7. The van der Waals surface area contributed by atoms with E-state index in [9.17, 15) is 33.6 Å². The third-order valence-corrected chi connectivity index (χ3v) is 15.3. The van der Waals surface area contributed by atoms with Crippen LogP contribution in [0.2, 0.25) is 0 Å².